The molecule has 9 heteroatoms. The maximum atomic E-state index is 11.6. The first kappa shape index (κ1) is 19.3. The number of nitrogens with one attached hydrogen (secondary N) is 2. The Kier molecular flexibility index (Phi) is 10.1. The van der Waals surface area contributed by atoms with E-state index in [9.17, 15) is 14.4 Å². The highest BCUT2D eigenvalue weighted by Gasteiger charge is 2.20. The lowest BCUT2D eigenvalue weighted by Crippen LogP contribution is -2.48. The topological polar surface area (TPSA) is 174 Å². The largest absolute Gasteiger partial charge is 0.480 e. The minimum atomic E-state index is -1.14. The van der Waals surface area contributed by atoms with Crippen LogP contribution >= 0.6 is 0 Å². The molecule has 0 unspecified atom stereocenters. The summed E-state index contributed by atoms with van der Waals surface area (Å²) in [7, 11) is 0. The lowest BCUT2D eigenvalue weighted by atomic mass is 10.1. The summed E-state index contributed by atoms with van der Waals surface area (Å²) in [5.41, 5.74) is 16.2. The van der Waals surface area contributed by atoms with Crippen molar-refractivity contribution in [3.05, 3.63) is 0 Å². The molecule has 0 aromatic rings. The molecule has 0 aliphatic heterocycles. The lowest BCUT2D eigenvalue weighted by molar-refractivity contribution is -0.141. The molecule has 0 rings (SSSR count). The van der Waals surface area contributed by atoms with Gasteiger partial charge in [0.25, 0.3) is 0 Å². The van der Waals surface area contributed by atoms with Crippen molar-refractivity contribution in [1.29, 1.82) is 0 Å². The number of carboxylic acids is 1. The summed E-state index contributed by atoms with van der Waals surface area (Å²) < 4.78 is 0. The van der Waals surface area contributed by atoms with Crippen LogP contribution in [0.3, 0.4) is 0 Å². The Morgan fingerprint density at radius 2 is 1.62 bits per heavy atom. The minimum Gasteiger partial charge on any atom is -0.480 e. The maximum absolute atomic E-state index is 11.6. The second-order valence-corrected chi connectivity index (χ2v) is 4.64. The van der Waals surface area contributed by atoms with Crippen molar-refractivity contribution < 1.29 is 19.5 Å². The molecular formula is C12H25N5O4. The Balaban J connectivity index is 4.11. The van der Waals surface area contributed by atoms with Crippen molar-refractivity contribution >= 4 is 17.8 Å². The monoisotopic (exact) mass is 303 g/mol. The van der Waals surface area contributed by atoms with Crippen LogP contribution in [0.2, 0.25) is 0 Å². The highest BCUT2D eigenvalue weighted by Crippen LogP contribution is 1.96. The van der Waals surface area contributed by atoms with E-state index in [-0.39, 0.29) is 13.0 Å². The van der Waals surface area contributed by atoms with Crippen LogP contribution in [-0.2, 0) is 14.4 Å². The molecule has 0 saturated carbocycles. The fourth-order valence-corrected chi connectivity index (χ4v) is 1.59. The fourth-order valence-electron chi connectivity index (χ4n) is 1.59. The molecule has 0 aliphatic carbocycles. The van der Waals surface area contributed by atoms with Gasteiger partial charge in [-0.3, -0.25) is 9.59 Å². The second kappa shape index (κ2) is 11.0. The first-order valence-corrected chi connectivity index (χ1v) is 6.88. The highest BCUT2D eigenvalue weighted by atomic mass is 16.4. The first-order chi connectivity index (χ1) is 9.92. The van der Waals surface area contributed by atoms with Crippen LogP contribution in [0.5, 0.6) is 0 Å². The highest BCUT2D eigenvalue weighted by molar-refractivity contribution is 5.89. The van der Waals surface area contributed by atoms with Crippen molar-refractivity contribution in [2.24, 2.45) is 17.2 Å². The first-order valence-electron chi connectivity index (χ1n) is 6.88. The lowest BCUT2D eigenvalue weighted by Gasteiger charge is -2.15. The van der Waals surface area contributed by atoms with Gasteiger partial charge in [0.05, 0.1) is 12.6 Å². The maximum Gasteiger partial charge on any atom is 0.326 e. The number of rotatable bonds is 11. The number of hydrogen-bond acceptors (Lipinski definition) is 6. The molecular weight excluding hydrogens is 278 g/mol. The fraction of sp³-hybridized carbons (Fsp3) is 0.750. The van der Waals surface area contributed by atoms with E-state index < -0.39 is 29.9 Å². The van der Waals surface area contributed by atoms with Crippen molar-refractivity contribution in [2.45, 2.75) is 37.8 Å². The summed E-state index contributed by atoms with van der Waals surface area (Å²) >= 11 is 0. The molecule has 0 fully saturated rings. The summed E-state index contributed by atoms with van der Waals surface area (Å²) in [5, 5.41) is 13.6. The molecule has 0 radical (unpaired) electrons. The van der Waals surface area contributed by atoms with E-state index >= 15 is 0 Å². The number of aliphatic carboxylic acids is 1. The molecule has 9 N–H and O–H groups in total. The van der Waals surface area contributed by atoms with Crippen LogP contribution in [0.4, 0.5) is 0 Å². The zero-order chi connectivity index (χ0) is 16.3. The number of amides is 2. The Morgan fingerprint density at radius 3 is 2.14 bits per heavy atom. The van der Waals surface area contributed by atoms with Gasteiger partial charge in [-0.2, -0.15) is 0 Å². The minimum absolute atomic E-state index is 0.238. The molecule has 0 saturated heterocycles. The summed E-state index contributed by atoms with van der Waals surface area (Å²) in [6.07, 6.45) is 1.76. The van der Waals surface area contributed by atoms with Gasteiger partial charge in [0.1, 0.15) is 6.04 Å². The van der Waals surface area contributed by atoms with Gasteiger partial charge in [0, 0.05) is 0 Å². The van der Waals surface area contributed by atoms with E-state index in [4.69, 9.17) is 22.3 Å². The summed E-state index contributed by atoms with van der Waals surface area (Å²) in [4.78, 5) is 34.1. The molecule has 2 atom stereocenters. The van der Waals surface area contributed by atoms with E-state index in [0.717, 1.165) is 0 Å². The third-order valence-corrected chi connectivity index (χ3v) is 2.81. The second-order valence-electron chi connectivity index (χ2n) is 4.64. The van der Waals surface area contributed by atoms with Crippen LogP contribution in [0.15, 0.2) is 0 Å². The Hall–Kier alpha value is -1.71. The summed E-state index contributed by atoms with van der Waals surface area (Å²) in [6.45, 7) is 0.455. The molecule has 0 spiro atoms. The van der Waals surface area contributed by atoms with E-state index in [1.165, 1.54) is 0 Å². The number of nitrogens with two attached hydrogens (primary N) is 3. The van der Waals surface area contributed by atoms with Crippen molar-refractivity contribution in [3.63, 3.8) is 0 Å². The number of carbonyl (C=O) groups excluding carboxylic acids is 2. The van der Waals surface area contributed by atoms with Gasteiger partial charge in [-0.15, -0.1) is 0 Å². The molecule has 0 aliphatic rings. The predicted octanol–water partition coefficient (Wildman–Crippen LogP) is -2.52. The predicted molar refractivity (Wildman–Crippen MR) is 77.1 cm³/mol. The zero-order valence-electron chi connectivity index (χ0n) is 12.0. The van der Waals surface area contributed by atoms with Crippen molar-refractivity contribution in [1.82, 2.24) is 10.6 Å². The number of carbonyl (C=O) groups is 3. The van der Waals surface area contributed by atoms with Crippen LogP contribution < -0.4 is 27.8 Å². The SMILES string of the molecule is NCCC[C@H](N)C(=O)NCC(=O)N[C@H](CCCN)C(=O)O. The van der Waals surface area contributed by atoms with Crippen molar-refractivity contribution in [3.8, 4) is 0 Å². The smallest absolute Gasteiger partial charge is 0.326 e. The van der Waals surface area contributed by atoms with E-state index in [0.29, 0.717) is 32.4 Å². The van der Waals surface area contributed by atoms with Gasteiger partial charge < -0.3 is 32.9 Å². The van der Waals surface area contributed by atoms with Crippen LogP contribution in [0, 0.1) is 0 Å². The molecule has 0 aromatic carbocycles. The van der Waals surface area contributed by atoms with Crippen molar-refractivity contribution in [2.75, 3.05) is 19.6 Å². The molecule has 0 bridgehead atoms. The molecule has 122 valence electrons. The third kappa shape index (κ3) is 8.95. The normalized spacial score (nSPS) is 13.3. The average molecular weight is 303 g/mol. The molecule has 0 heterocycles. The van der Waals surface area contributed by atoms with E-state index in [1.54, 1.807) is 0 Å². The van der Waals surface area contributed by atoms with E-state index in [1.807, 2.05) is 0 Å². The zero-order valence-corrected chi connectivity index (χ0v) is 12.0. The van der Waals surface area contributed by atoms with Gasteiger partial charge in [-0.05, 0) is 38.8 Å². The Morgan fingerprint density at radius 1 is 1.05 bits per heavy atom. The van der Waals surface area contributed by atoms with Gasteiger partial charge >= 0.3 is 5.97 Å². The Bertz CT molecular complexity index is 351. The standard InChI is InChI=1S/C12H25N5O4/c13-5-1-3-8(15)11(19)16-7-10(18)17-9(12(20)21)4-2-6-14/h8-9H,1-7,13-15H2,(H,16,19)(H,17,18)(H,20,21)/t8-,9+/m0/s1. The van der Waals surface area contributed by atoms with E-state index in [2.05, 4.69) is 10.6 Å². The average Bonchev–Trinajstić information content (AvgIpc) is 2.45. The molecule has 2 amide bonds. The van der Waals surface area contributed by atoms with Gasteiger partial charge in [0.2, 0.25) is 11.8 Å². The third-order valence-electron chi connectivity index (χ3n) is 2.81. The number of carboxylic acid groups (broad SMARTS) is 1. The molecule has 21 heavy (non-hydrogen) atoms. The quantitative estimate of drug-likeness (QED) is 0.244. The van der Waals surface area contributed by atoms with Crippen LogP contribution in [-0.4, -0.2) is 54.6 Å². The van der Waals surface area contributed by atoms with Crippen LogP contribution in [0.25, 0.3) is 0 Å². The molecule has 0 aromatic heterocycles. The summed E-state index contributed by atoms with van der Waals surface area (Å²) in [6, 6.07) is -1.74. The Labute approximate surface area is 123 Å². The van der Waals surface area contributed by atoms with Crippen LogP contribution in [0.1, 0.15) is 25.7 Å². The van der Waals surface area contributed by atoms with Gasteiger partial charge in [0.15, 0.2) is 0 Å². The number of hydrogen-bond donors (Lipinski definition) is 6. The van der Waals surface area contributed by atoms with Gasteiger partial charge in [-0.1, -0.05) is 0 Å². The van der Waals surface area contributed by atoms with Gasteiger partial charge in [-0.25, -0.2) is 4.79 Å². The summed E-state index contributed by atoms with van der Waals surface area (Å²) in [5.74, 6) is -2.19. The molecule has 9 nitrogen and oxygen atoms in total.